The highest BCUT2D eigenvalue weighted by Crippen LogP contribution is 2.35. The van der Waals surface area contributed by atoms with E-state index in [0.29, 0.717) is 16.6 Å². The number of urea groups is 1. The topological polar surface area (TPSA) is 55.8 Å². The van der Waals surface area contributed by atoms with Crippen molar-refractivity contribution in [2.75, 3.05) is 26.7 Å². The van der Waals surface area contributed by atoms with Crippen LogP contribution < -0.4 is 5.32 Å². The molecule has 3 unspecified atom stereocenters. The molecule has 2 N–H and O–H groups in total. The largest absolute Gasteiger partial charge is 0.396 e. The quantitative estimate of drug-likeness (QED) is 0.635. The van der Waals surface area contributed by atoms with Gasteiger partial charge in [0.05, 0.1) is 22.7 Å². The highest BCUT2D eigenvalue weighted by atomic mass is 35.5. The number of hydrogen-bond donors (Lipinski definition) is 2. The number of benzene rings is 2. The van der Waals surface area contributed by atoms with Crippen LogP contribution in [0.1, 0.15) is 37.4 Å². The summed E-state index contributed by atoms with van der Waals surface area (Å²) in [6.07, 6.45) is 0.792. The third-order valence-electron chi connectivity index (χ3n) is 6.20. The predicted octanol–water partition coefficient (Wildman–Crippen LogP) is 4.97. The van der Waals surface area contributed by atoms with E-state index in [-0.39, 0.29) is 24.7 Å². The lowest BCUT2D eigenvalue weighted by Crippen LogP contribution is -2.60. The van der Waals surface area contributed by atoms with Crippen LogP contribution in [0.15, 0.2) is 48.5 Å². The van der Waals surface area contributed by atoms with Crippen molar-refractivity contribution >= 4 is 29.2 Å². The molecule has 1 fully saturated rings. The Kier molecular flexibility index (Phi) is 7.87. The number of piperidine rings is 1. The van der Waals surface area contributed by atoms with Crippen LogP contribution in [-0.4, -0.2) is 53.7 Å². The van der Waals surface area contributed by atoms with Crippen molar-refractivity contribution in [3.63, 3.8) is 0 Å². The number of halogens is 2. The average Bonchev–Trinajstić information content (AvgIpc) is 2.75. The maximum absolute atomic E-state index is 13.6. The number of carbonyl (C=O) groups excluding carboxylic acids is 1. The van der Waals surface area contributed by atoms with Gasteiger partial charge in [0.2, 0.25) is 0 Å². The number of aliphatic hydroxyl groups is 1. The Morgan fingerprint density at radius 3 is 2.65 bits per heavy atom. The van der Waals surface area contributed by atoms with Gasteiger partial charge >= 0.3 is 6.03 Å². The highest BCUT2D eigenvalue weighted by Gasteiger charge is 2.43. The highest BCUT2D eigenvalue weighted by molar-refractivity contribution is 6.42. The number of rotatable bonds is 6. The smallest absolute Gasteiger partial charge is 0.318 e. The number of nitrogens with one attached hydrogen (secondary N) is 1. The molecule has 0 bridgehead atoms. The molecule has 7 heteroatoms. The molecule has 2 aromatic carbocycles. The molecule has 5 nitrogen and oxygen atoms in total. The zero-order chi connectivity index (χ0) is 22.6. The molecule has 0 spiro atoms. The molecule has 168 valence electrons. The normalized spacial score (nSPS) is 22.7. The van der Waals surface area contributed by atoms with E-state index in [1.54, 1.807) is 6.07 Å². The van der Waals surface area contributed by atoms with E-state index in [1.807, 2.05) is 54.3 Å². The molecule has 2 amide bonds. The van der Waals surface area contributed by atoms with Gasteiger partial charge in [0.15, 0.2) is 0 Å². The summed E-state index contributed by atoms with van der Waals surface area (Å²) >= 11 is 12.5. The van der Waals surface area contributed by atoms with Crippen molar-refractivity contribution < 1.29 is 9.90 Å². The number of aliphatic hydroxyl groups excluding tert-OH is 1. The van der Waals surface area contributed by atoms with Gasteiger partial charge in [-0.2, -0.15) is 0 Å². The molecule has 0 aliphatic carbocycles. The third kappa shape index (κ3) is 5.53. The Bertz CT molecular complexity index is 896. The Labute approximate surface area is 194 Å². The van der Waals surface area contributed by atoms with E-state index >= 15 is 0 Å². The zero-order valence-electron chi connectivity index (χ0n) is 18.3. The van der Waals surface area contributed by atoms with Crippen molar-refractivity contribution in [2.45, 2.75) is 38.9 Å². The van der Waals surface area contributed by atoms with E-state index in [1.165, 1.54) is 0 Å². The summed E-state index contributed by atoms with van der Waals surface area (Å²) in [7, 11) is 2.05. The summed E-state index contributed by atoms with van der Waals surface area (Å²) in [5.74, 6) is 0. The number of hydrogen-bond acceptors (Lipinski definition) is 3. The van der Waals surface area contributed by atoms with E-state index in [9.17, 15) is 9.90 Å². The van der Waals surface area contributed by atoms with Gasteiger partial charge in [-0.15, -0.1) is 0 Å². The molecule has 0 radical (unpaired) electrons. The summed E-state index contributed by atoms with van der Waals surface area (Å²) in [6.45, 7) is 6.02. The molecule has 1 heterocycles. The molecular weight excluding hydrogens is 433 g/mol. The number of nitrogens with zero attached hydrogens (tertiary/aromatic N) is 2. The first-order valence-electron chi connectivity index (χ1n) is 10.6. The lowest BCUT2D eigenvalue weighted by atomic mass is 9.77. The first-order valence-corrected chi connectivity index (χ1v) is 11.3. The van der Waals surface area contributed by atoms with Crippen LogP contribution >= 0.6 is 23.2 Å². The number of amides is 2. The molecule has 3 atom stereocenters. The Balaban J connectivity index is 1.88. The number of likely N-dealkylation sites (tertiary alicyclic amines) is 1. The van der Waals surface area contributed by atoms with Crippen LogP contribution in [0.4, 0.5) is 4.79 Å². The standard InChI is InChI=1S/C24H31Cl2N3O2/c1-17(19-10-7-11-20(25)22(19)26)27-23(31)29(14-18-8-5-4-6-9-18)21-12-13-28(3)15-24(21,2)16-30/h4-11,17,21,30H,12-16H2,1-3H3,(H,27,31). The summed E-state index contributed by atoms with van der Waals surface area (Å²) in [5.41, 5.74) is 1.40. The second-order valence-electron chi connectivity index (χ2n) is 8.78. The molecule has 1 aliphatic rings. The van der Waals surface area contributed by atoms with Crippen molar-refractivity contribution in [1.82, 2.24) is 15.1 Å². The van der Waals surface area contributed by atoms with Crippen LogP contribution in [0.5, 0.6) is 0 Å². The fourth-order valence-electron chi connectivity index (χ4n) is 4.48. The zero-order valence-corrected chi connectivity index (χ0v) is 19.8. The maximum atomic E-state index is 13.6. The van der Waals surface area contributed by atoms with Crippen LogP contribution in [0.3, 0.4) is 0 Å². The fourth-order valence-corrected chi connectivity index (χ4v) is 4.96. The van der Waals surface area contributed by atoms with Gasteiger partial charge in [-0.3, -0.25) is 0 Å². The maximum Gasteiger partial charge on any atom is 0.318 e. The van der Waals surface area contributed by atoms with Crippen LogP contribution in [0, 0.1) is 5.41 Å². The Hall–Kier alpha value is -1.79. The van der Waals surface area contributed by atoms with Gasteiger partial charge in [0.25, 0.3) is 0 Å². The first-order chi connectivity index (χ1) is 14.7. The summed E-state index contributed by atoms with van der Waals surface area (Å²) in [6, 6.07) is 14.8. The number of carbonyl (C=O) groups is 1. The van der Waals surface area contributed by atoms with Gasteiger partial charge in [0.1, 0.15) is 0 Å². The third-order valence-corrected chi connectivity index (χ3v) is 7.04. The second-order valence-corrected chi connectivity index (χ2v) is 9.57. The SMILES string of the molecule is CC(NC(=O)N(Cc1ccccc1)C1CCN(C)CC1(C)CO)c1cccc(Cl)c1Cl. The van der Waals surface area contributed by atoms with Gasteiger partial charge in [-0.25, -0.2) is 4.79 Å². The van der Waals surface area contributed by atoms with Crippen molar-refractivity contribution in [2.24, 2.45) is 5.41 Å². The lowest BCUT2D eigenvalue weighted by molar-refractivity contribution is -0.0182. The van der Waals surface area contributed by atoms with Gasteiger partial charge in [0, 0.05) is 24.5 Å². The van der Waals surface area contributed by atoms with E-state index in [2.05, 4.69) is 24.2 Å². The minimum atomic E-state index is -0.421. The molecule has 1 saturated heterocycles. The van der Waals surface area contributed by atoms with Crippen molar-refractivity contribution in [1.29, 1.82) is 0 Å². The van der Waals surface area contributed by atoms with Gasteiger partial charge in [-0.1, -0.05) is 72.6 Å². The van der Waals surface area contributed by atoms with E-state index in [4.69, 9.17) is 23.2 Å². The lowest BCUT2D eigenvalue weighted by Gasteiger charge is -2.49. The predicted molar refractivity (Wildman–Crippen MR) is 126 cm³/mol. The first kappa shape index (κ1) is 23.9. The summed E-state index contributed by atoms with van der Waals surface area (Å²) in [5, 5.41) is 14.3. The van der Waals surface area contributed by atoms with Crippen LogP contribution in [0.25, 0.3) is 0 Å². The molecule has 0 saturated carbocycles. The van der Waals surface area contributed by atoms with Crippen LogP contribution in [-0.2, 0) is 6.54 Å². The molecule has 0 aromatic heterocycles. The van der Waals surface area contributed by atoms with E-state index in [0.717, 1.165) is 30.6 Å². The Morgan fingerprint density at radius 2 is 1.97 bits per heavy atom. The summed E-state index contributed by atoms with van der Waals surface area (Å²) < 4.78 is 0. The molecule has 2 aromatic rings. The molecule has 3 rings (SSSR count). The minimum Gasteiger partial charge on any atom is -0.396 e. The van der Waals surface area contributed by atoms with Crippen molar-refractivity contribution in [3.8, 4) is 0 Å². The molecule has 1 aliphatic heterocycles. The second kappa shape index (κ2) is 10.2. The van der Waals surface area contributed by atoms with Crippen LogP contribution in [0.2, 0.25) is 10.0 Å². The van der Waals surface area contributed by atoms with E-state index < -0.39 is 5.41 Å². The average molecular weight is 464 g/mol. The monoisotopic (exact) mass is 463 g/mol. The van der Waals surface area contributed by atoms with Gasteiger partial charge < -0.3 is 20.2 Å². The molecular formula is C24H31Cl2N3O2. The minimum absolute atomic E-state index is 0.0102. The van der Waals surface area contributed by atoms with Gasteiger partial charge in [-0.05, 0) is 44.1 Å². The molecule has 31 heavy (non-hydrogen) atoms. The summed E-state index contributed by atoms with van der Waals surface area (Å²) in [4.78, 5) is 17.6. The van der Waals surface area contributed by atoms with Crippen molar-refractivity contribution in [3.05, 3.63) is 69.7 Å². The Morgan fingerprint density at radius 1 is 1.26 bits per heavy atom. The fraction of sp³-hybridized carbons (Fsp3) is 0.458.